The topological polar surface area (TPSA) is 73.3 Å². The van der Waals surface area contributed by atoms with E-state index in [1.807, 2.05) is 25.1 Å². The highest BCUT2D eigenvalue weighted by Crippen LogP contribution is 2.22. The molecule has 0 saturated carbocycles. The Morgan fingerprint density at radius 1 is 1.04 bits per heavy atom. The van der Waals surface area contributed by atoms with Gasteiger partial charge >= 0.3 is 0 Å². The van der Waals surface area contributed by atoms with Crippen LogP contribution >= 0.6 is 0 Å². The van der Waals surface area contributed by atoms with Crippen molar-refractivity contribution in [3.63, 3.8) is 0 Å². The second-order valence-electron chi connectivity index (χ2n) is 5.62. The standard InChI is InChI=1S/C20H19N3O3/c1-14-5-8-18(13-22-14)26-20-16(4-3-11-21-20)12-23-19(24)15-6-9-17(25-2)10-7-15/h3-11,13H,12H2,1-2H3,(H,23,24). The monoisotopic (exact) mass is 349 g/mol. The number of hydrogen-bond donors (Lipinski definition) is 1. The fraction of sp³-hybridized carbons (Fsp3) is 0.150. The highest BCUT2D eigenvalue weighted by molar-refractivity contribution is 5.94. The van der Waals surface area contributed by atoms with Gasteiger partial charge in [0.15, 0.2) is 0 Å². The van der Waals surface area contributed by atoms with Crippen molar-refractivity contribution in [2.45, 2.75) is 13.5 Å². The molecule has 132 valence electrons. The van der Waals surface area contributed by atoms with Crippen LogP contribution in [0, 0.1) is 6.92 Å². The molecule has 0 bridgehead atoms. The number of pyridine rings is 2. The molecule has 0 atom stereocenters. The zero-order valence-electron chi connectivity index (χ0n) is 14.6. The van der Waals surface area contributed by atoms with Gasteiger partial charge in [0.2, 0.25) is 5.88 Å². The molecule has 2 aromatic heterocycles. The van der Waals surface area contributed by atoms with E-state index in [1.165, 1.54) is 0 Å². The number of hydrogen-bond acceptors (Lipinski definition) is 5. The van der Waals surface area contributed by atoms with Crippen LogP contribution in [0.15, 0.2) is 60.9 Å². The van der Waals surface area contributed by atoms with Crippen LogP contribution < -0.4 is 14.8 Å². The fourth-order valence-electron chi connectivity index (χ4n) is 2.30. The van der Waals surface area contributed by atoms with E-state index in [1.54, 1.807) is 49.8 Å². The number of benzene rings is 1. The average molecular weight is 349 g/mol. The summed E-state index contributed by atoms with van der Waals surface area (Å²) in [6, 6.07) is 14.3. The van der Waals surface area contributed by atoms with E-state index < -0.39 is 0 Å². The largest absolute Gasteiger partial charge is 0.497 e. The molecule has 0 spiro atoms. The Balaban J connectivity index is 1.67. The Kier molecular flexibility index (Phi) is 5.43. The third-order valence-electron chi connectivity index (χ3n) is 3.74. The van der Waals surface area contributed by atoms with Crippen molar-refractivity contribution >= 4 is 5.91 Å². The Bertz CT molecular complexity index is 878. The van der Waals surface area contributed by atoms with Crippen LogP contribution in [-0.4, -0.2) is 23.0 Å². The maximum atomic E-state index is 12.3. The van der Waals surface area contributed by atoms with Crippen LogP contribution in [0.2, 0.25) is 0 Å². The highest BCUT2D eigenvalue weighted by atomic mass is 16.5. The molecule has 0 fully saturated rings. The molecular formula is C20H19N3O3. The van der Waals surface area contributed by atoms with Gasteiger partial charge in [-0.1, -0.05) is 6.07 Å². The van der Waals surface area contributed by atoms with Crippen LogP contribution in [0.3, 0.4) is 0 Å². The van der Waals surface area contributed by atoms with Gasteiger partial charge in [-0.25, -0.2) is 4.98 Å². The van der Waals surface area contributed by atoms with Crippen LogP contribution in [0.1, 0.15) is 21.6 Å². The van der Waals surface area contributed by atoms with Crippen molar-refractivity contribution in [1.29, 1.82) is 0 Å². The first-order valence-electron chi connectivity index (χ1n) is 8.12. The molecule has 0 saturated heterocycles. The van der Waals surface area contributed by atoms with E-state index in [0.29, 0.717) is 29.5 Å². The van der Waals surface area contributed by atoms with Crippen molar-refractivity contribution in [3.05, 3.63) is 77.7 Å². The molecule has 6 heteroatoms. The number of ether oxygens (including phenoxy) is 2. The smallest absolute Gasteiger partial charge is 0.251 e. The average Bonchev–Trinajstić information content (AvgIpc) is 2.69. The Labute approximate surface area is 151 Å². The number of amides is 1. The summed E-state index contributed by atoms with van der Waals surface area (Å²) in [7, 11) is 1.59. The lowest BCUT2D eigenvalue weighted by Crippen LogP contribution is -2.23. The van der Waals surface area contributed by atoms with Crippen molar-refractivity contribution in [1.82, 2.24) is 15.3 Å². The molecular weight excluding hydrogens is 330 g/mol. The molecule has 26 heavy (non-hydrogen) atoms. The molecule has 3 aromatic rings. The van der Waals surface area contributed by atoms with Gasteiger partial charge in [-0.15, -0.1) is 0 Å². The highest BCUT2D eigenvalue weighted by Gasteiger charge is 2.10. The Morgan fingerprint density at radius 3 is 2.50 bits per heavy atom. The normalized spacial score (nSPS) is 10.2. The second kappa shape index (κ2) is 8.11. The van der Waals surface area contributed by atoms with Crippen LogP contribution in [0.4, 0.5) is 0 Å². The number of aryl methyl sites for hydroxylation is 1. The van der Waals surface area contributed by atoms with Crippen molar-refractivity contribution in [2.24, 2.45) is 0 Å². The minimum atomic E-state index is -0.181. The number of aromatic nitrogens is 2. The predicted molar refractivity (Wildman–Crippen MR) is 97.4 cm³/mol. The summed E-state index contributed by atoms with van der Waals surface area (Å²) in [5.74, 6) is 1.56. The lowest BCUT2D eigenvalue weighted by Gasteiger charge is -2.11. The summed E-state index contributed by atoms with van der Waals surface area (Å²) in [4.78, 5) is 20.8. The second-order valence-corrected chi connectivity index (χ2v) is 5.62. The molecule has 0 radical (unpaired) electrons. The van der Waals surface area contributed by atoms with Gasteiger partial charge in [-0.2, -0.15) is 0 Å². The van der Waals surface area contributed by atoms with Gasteiger partial charge in [-0.3, -0.25) is 9.78 Å². The van der Waals surface area contributed by atoms with Gasteiger partial charge in [-0.05, 0) is 49.4 Å². The third-order valence-corrected chi connectivity index (χ3v) is 3.74. The molecule has 3 rings (SSSR count). The summed E-state index contributed by atoms with van der Waals surface area (Å²) >= 11 is 0. The van der Waals surface area contributed by atoms with Gasteiger partial charge in [0.25, 0.3) is 5.91 Å². The number of rotatable bonds is 6. The summed E-state index contributed by atoms with van der Waals surface area (Å²) < 4.78 is 10.9. The SMILES string of the molecule is COc1ccc(C(=O)NCc2cccnc2Oc2ccc(C)nc2)cc1. The molecule has 1 amide bonds. The first-order valence-corrected chi connectivity index (χ1v) is 8.12. The van der Waals surface area contributed by atoms with Crippen LogP contribution in [-0.2, 0) is 6.54 Å². The fourth-order valence-corrected chi connectivity index (χ4v) is 2.30. The van der Waals surface area contributed by atoms with E-state index in [4.69, 9.17) is 9.47 Å². The van der Waals surface area contributed by atoms with E-state index in [-0.39, 0.29) is 5.91 Å². The molecule has 0 aliphatic carbocycles. The Hall–Kier alpha value is -3.41. The van der Waals surface area contributed by atoms with Gasteiger partial charge in [0, 0.05) is 29.6 Å². The van der Waals surface area contributed by atoms with Crippen molar-refractivity contribution in [3.8, 4) is 17.4 Å². The molecule has 2 heterocycles. The number of methoxy groups -OCH3 is 1. The maximum absolute atomic E-state index is 12.3. The zero-order chi connectivity index (χ0) is 18.4. The van der Waals surface area contributed by atoms with E-state index in [0.717, 1.165) is 11.3 Å². The molecule has 0 aliphatic rings. The van der Waals surface area contributed by atoms with E-state index >= 15 is 0 Å². The summed E-state index contributed by atoms with van der Waals surface area (Å²) in [6.07, 6.45) is 3.29. The third kappa shape index (κ3) is 4.36. The lowest BCUT2D eigenvalue weighted by molar-refractivity contribution is 0.0950. The van der Waals surface area contributed by atoms with Gasteiger partial charge < -0.3 is 14.8 Å². The molecule has 0 unspecified atom stereocenters. The first kappa shape index (κ1) is 17.4. The number of carbonyl (C=O) groups is 1. The van der Waals surface area contributed by atoms with Crippen molar-refractivity contribution in [2.75, 3.05) is 7.11 Å². The van der Waals surface area contributed by atoms with E-state index in [2.05, 4.69) is 15.3 Å². The van der Waals surface area contributed by atoms with Gasteiger partial charge in [0.1, 0.15) is 11.5 Å². The van der Waals surface area contributed by atoms with Crippen molar-refractivity contribution < 1.29 is 14.3 Å². The van der Waals surface area contributed by atoms with E-state index in [9.17, 15) is 4.79 Å². The minimum absolute atomic E-state index is 0.181. The zero-order valence-corrected chi connectivity index (χ0v) is 14.6. The number of carbonyl (C=O) groups excluding carboxylic acids is 1. The quantitative estimate of drug-likeness (QED) is 0.737. The summed E-state index contributed by atoms with van der Waals surface area (Å²) in [5, 5.41) is 2.87. The van der Waals surface area contributed by atoms with Crippen LogP contribution in [0.5, 0.6) is 17.4 Å². The maximum Gasteiger partial charge on any atom is 0.251 e. The molecule has 1 N–H and O–H groups in total. The predicted octanol–water partition coefficient (Wildman–Crippen LogP) is 3.52. The first-order chi connectivity index (χ1) is 12.7. The van der Waals surface area contributed by atoms with Crippen LogP contribution in [0.25, 0.3) is 0 Å². The summed E-state index contributed by atoms with van der Waals surface area (Å²) in [6.45, 7) is 2.21. The van der Waals surface area contributed by atoms with Gasteiger partial charge in [0.05, 0.1) is 13.3 Å². The number of nitrogens with one attached hydrogen (secondary N) is 1. The lowest BCUT2D eigenvalue weighted by atomic mass is 10.2. The number of nitrogens with zero attached hydrogens (tertiary/aromatic N) is 2. The minimum Gasteiger partial charge on any atom is -0.497 e. The molecule has 1 aromatic carbocycles. The molecule has 6 nitrogen and oxygen atoms in total. The Morgan fingerprint density at radius 2 is 1.81 bits per heavy atom. The molecule has 0 aliphatic heterocycles. The summed E-state index contributed by atoms with van der Waals surface area (Å²) in [5.41, 5.74) is 2.24.